The summed E-state index contributed by atoms with van der Waals surface area (Å²) in [5.41, 5.74) is 8.61. The minimum absolute atomic E-state index is 0.193. The number of hydrogen-bond donors (Lipinski definition) is 1. The molecule has 0 spiro atoms. The van der Waals surface area contributed by atoms with E-state index >= 15 is 0 Å². The van der Waals surface area contributed by atoms with Gasteiger partial charge in [-0.3, -0.25) is 4.79 Å². The highest BCUT2D eigenvalue weighted by molar-refractivity contribution is 7.90. The summed E-state index contributed by atoms with van der Waals surface area (Å²) in [6, 6.07) is 16.3. The molecule has 134 valence electrons. The first kappa shape index (κ1) is 17.9. The van der Waals surface area contributed by atoms with Gasteiger partial charge in [0.25, 0.3) is 0 Å². The van der Waals surface area contributed by atoms with Crippen molar-refractivity contribution in [3.63, 3.8) is 0 Å². The smallest absolute Gasteiger partial charge is 0.219 e. The molecule has 3 rings (SSSR count). The third-order valence-electron chi connectivity index (χ3n) is 4.04. The van der Waals surface area contributed by atoms with Crippen LogP contribution in [0.3, 0.4) is 0 Å². The van der Waals surface area contributed by atoms with Crippen LogP contribution in [0.15, 0.2) is 65.8 Å². The van der Waals surface area contributed by atoms with Gasteiger partial charge in [0.05, 0.1) is 22.6 Å². The van der Waals surface area contributed by atoms with Gasteiger partial charge < -0.3 is 10.3 Å². The fraction of sp³-hybridized carbons (Fsp3) is 0.158. The van der Waals surface area contributed by atoms with Crippen molar-refractivity contribution in [2.24, 2.45) is 5.73 Å². The predicted molar refractivity (Wildman–Crippen MR) is 100 cm³/mol. The first-order valence-electron chi connectivity index (χ1n) is 8.05. The Morgan fingerprint density at radius 2 is 1.69 bits per heavy atom. The van der Waals surface area contributed by atoms with Crippen LogP contribution in [0, 0.1) is 0 Å². The highest BCUT2D eigenvalue weighted by Gasteiger charge is 2.16. The lowest BCUT2D eigenvalue weighted by atomic mass is 10.0. The van der Waals surface area contributed by atoms with Crippen LogP contribution in [-0.4, -0.2) is 30.1 Å². The topological polar surface area (TPSA) is 95.1 Å². The van der Waals surface area contributed by atoms with Crippen LogP contribution in [0.4, 0.5) is 0 Å². The summed E-state index contributed by atoms with van der Waals surface area (Å²) in [4.78, 5) is 15.9. The second-order valence-corrected chi connectivity index (χ2v) is 8.03. The molecular formula is C19H19N3O3S. The van der Waals surface area contributed by atoms with Crippen molar-refractivity contribution >= 4 is 15.7 Å². The molecule has 0 radical (unpaired) electrons. The van der Waals surface area contributed by atoms with E-state index in [1.807, 2.05) is 34.9 Å². The number of hydrogen-bond acceptors (Lipinski definition) is 4. The van der Waals surface area contributed by atoms with E-state index in [0.29, 0.717) is 6.54 Å². The molecule has 6 nitrogen and oxygen atoms in total. The van der Waals surface area contributed by atoms with Crippen LogP contribution in [0.1, 0.15) is 6.42 Å². The third-order valence-corrected chi connectivity index (χ3v) is 5.17. The molecule has 1 aromatic heterocycles. The average Bonchev–Trinajstić information content (AvgIpc) is 3.04. The van der Waals surface area contributed by atoms with Crippen molar-refractivity contribution in [1.82, 2.24) is 9.55 Å². The molecule has 7 heteroatoms. The quantitative estimate of drug-likeness (QED) is 0.722. The van der Waals surface area contributed by atoms with Crippen LogP contribution in [-0.2, 0) is 21.2 Å². The number of carbonyl (C=O) groups excluding carboxylic acids is 1. The number of primary amides is 1. The van der Waals surface area contributed by atoms with E-state index in [-0.39, 0.29) is 11.3 Å². The highest BCUT2D eigenvalue weighted by atomic mass is 32.2. The summed E-state index contributed by atoms with van der Waals surface area (Å²) in [7, 11) is -3.27. The summed E-state index contributed by atoms with van der Waals surface area (Å²) < 4.78 is 25.3. The van der Waals surface area contributed by atoms with Crippen molar-refractivity contribution in [2.75, 3.05) is 6.26 Å². The van der Waals surface area contributed by atoms with Gasteiger partial charge in [0, 0.05) is 30.3 Å². The largest absolute Gasteiger partial charge is 0.370 e. The van der Waals surface area contributed by atoms with Crippen molar-refractivity contribution in [3.8, 4) is 22.5 Å². The number of rotatable bonds is 6. The second kappa shape index (κ2) is 7.13. The Labute approximate surface area is 152 Å². The lowest BCUT2D eigenvalue weighted by Gasteiger charge is -2.11. The SMILES string of the molecule is CS(=O)(=O)c1ccc(-c2c(-c3ccccc3)ncn2CCC(N)=O)cc1. The molecule has 2 N–H and O–H groups in total. The van der Waals surface area contributed by atoms with Gasteiger partial charge in [0.1, 0.15) is 0 Å². The molecule has 0 fully saturated rings. The molecule has 0 atom stereocenters. The molecule has 0 unspecified atom stereocenters. The number of nitrogens with zero attached hydrogens (tertiary/aromatic N) is 2. The van der Waals surface area contributed by atoms with Crippen LogP contribution >= 0.6 is 0 Å². The molecule has 0 aliphatic heterocycles. The van der Waals surface area contributed by atoms with Gasteiger partial charge in [-0.2, -0.15) is 0 Å². The molecule has 1 heterocycles. The summed E-state index contributed by atoms with van der Waals surface area (Å²) in [5.74, 6) is -0.390. The lowest BCUT2D eigenvalue weighted by Crippen LogP contribution is -2.14. The van der Waals surface area contributed by atoms with Crippen molar-refractivity contribution in [3.05, 3.63) is 60.9 Å². The number of imidazole rings is 1. The van der Waals surface area contributed by atoms with Gasteiger partial charge >= 0.3 is 0 Å². The van der Waals surface area contributed by atoms with E-state index in [1.165, 1.54) is 6.26 Å². The maximum atomic E-state index is 11.7. The monoisotopic (exact) mass is 369 g/mol. The van der Waals surface area contributed by atoms with Crippen molar-refractivity contribution in [2.45, 2.75) is 17.9 Å². The number of amides is 1. The number of aryl methyl sites for hydroxylation is 1. The summed E-state index contributed by atoms with van der Waals surface area (Å²) in [6.07, 6.45) is 3.04. The molecule has 26 heavy (non-hydrogen) atoms. The van der Waals surface area contributed by atoms with Crippen LogP contribution in [0.5, 0.6) is 0 Å². The van der Waals surface area contributed by atoms with E-state index in [1.54, 1.807) is 30.6 Å². The zero-order valence-electron chi connectivity index (χ0n) is 14.3. The standard InChI is InChI=1S/C19H19N3O3S/c1-26(24,25)16-9-7-15(8-10-16)19-18(14-5-3-2-4-6-14)21-13-22(19)12-11-17(20)23/h2-10,13H,11-12H2,1H3,(H2,20,23). The molecule has 0 saturated carbocycles. The van der Waals surface area contributed by atoms with E-state index in [0.717, 1.165) is 22.5 Å². The minimum atomic E-state index is -3.27. The van der Waals surface area contributed by atoms with Crippen LogP contribution < -0.4 is 5.73 Å². The number of sulfone groups is 1. The minimum Gasteiger partial charge on any atom is -0.370 e. The number of nitrogens with two attached hydrogens (primary N) is 1. The first-order chi connectivity index (χ1) is 12.4. The van der Waals surface area contributed by atoms with Crippen molar-refractivity contribution in [1.29, 1.82) is 0 Å². The Morgan fingerprint density at radius 3 is 2.27 bits per heavy atom. The highest BCUT2D eigenvalue weighted by Crippen LogP contribution is 2.32. The van der Waals surface area contributed by atoms with E-state index in [4.69, 9.17) is 5.73 Å². The van der Waals surface area contributed by atoms with E-state index < -0.39 is 15.7 Å². The van der Waals surface area contributed by atoms with E-state index in [2.05, 4.69) is 4.98 Å². The van der Waals surface area contributed by atoms with Crippen LogP contribution in [0.25, 0.3) is 22.5 Å². The van der Waals surface area contributed by atoms with Gasteiger partial charge in [0.2, 0.25) is 5.91 Å². The van der Waals surface area contributed by atoms with Gasteiger partial charge in [0.15, 0.2) is 9.84 Å². The Balaban J connectivity index is 2.10. The third kappa shape index (κ3) is 3.83. The normalized spacial score (nSPS) is 11.4. The maximum Gasteiger partial charge on any atom is 0.219 e. The second-order valence-electron chi connectivity index (χ2n) is 6.01. The summed E-state index contributed by atoms with van der Waals surface area (Å²) in [6.45, 7) is 0.401. The van der Waals surface area contributed by atoms with Crippen LogP contribution in [0.2, 0.25) is 0 Å². The van der Waals surface area contributed by atoms with Gasteiger partial charge in [-0.1, -0.05) is 42.5 Å². The van der Waals surface area contributed by atoms with Gasteiger partial charge in [-0.15, -0.1) is 0 Å². The lowest BCUT2D eigenvalue weighted by molar-refractivity contribution is -0.118. The Hall–Kier alpha value is -2.93. The molecule has 1 amide bonds. The predicted octanol–water partition coefficient (Wildman–Crippen LogP) is 2.50. The number of carbonyl (C=O) groups is 1. The fourth-order valence-corrected chi connectivity index (χ4v) is 3.38. The Bertz CT molecular complexity index is 1020. The first-order valence-corrected chi connectivity index (χ1v) is 9.95. The zero-order chi connectivity index (χ0) is 18.7. The molecule has 0 aliphatic rings. The number of aromatic nitrogens is 2. The molecule has 0 saturated heterocycles. The maximum absolute atomic E-state index is 11.7. The Kier molecular flexibility index (Phi) is 4.90. The van der Waals surface area contributed by atoms with Gasteiger partial charge in [-0.05, 0) is 12.1 Å². The van der Waals surface area contributed by atoms with Crippen molar-refractivity contribution < 1.29 is 13.2 Å². The molecule has 2 aromatic carbocycles. The molecule has 0 aliphatic carbocycles. The zero-order valence-corrected chi connectivity index (χ0v) is 15.1. The summed E-state index contributed by atoms with van der Waals surface area (Å²) >= 11 is 0. The Morgan fingerprint density at radius 1 is 1.04 bits per heavy atom. The molecule has 0 bridgehead atoms. The summed E-state index contributed by atoms with van der Waals surface area (Å²) in [5, 5.41) is 0. The average molecular weight is 369 g/mol. The molecule has 3 aromatic rings. The van der Waals surface area contributed by atoms with E-state index in [9.17, 15) is 13.2 Å². The van der Waals surface area contributed by atoms with Gasteiger partial charge in [-0.25, -0.2) is 13.4 Å². The number of benzene rings is 2. The fourth-order valence-electron chi connectivity index (χ4n) is 2.75. The molecular weight excluding hydrogens is 350 g/mol.